The second kappa shape index (κ2) is 6.46. The quantitative estimate of drug-likeness (QED) is 0.898. The Morgan fingerprint density at radius 3 is 2.65 bits per heavy atom. The van der Waals surface area contributed by atoms with Gasteiger partial charge in [-0.05, 0) is 43.5 Å². The molecule has 2 N–H and O–H groups in total. The fraction of sp³-hybridized carbons (Fsp3) is 0.625. The first-order valence-corrected chi connectivity index (χ1v) is 7.35. The molecule has 0 amide bonds. The zero-order valence-electron chi connectivity index (χ0n) is 12.8. The lowest BCUT2D eigenvalue weighted by Gasteiger charge is -2.47. The highest BCUT2D eigenvalue weighted by molar-refractivity contribution is 5.51. The van der Waals surface area contributed by atoms with E-state index in [0.29, 0.717) is 12.6 Å². The number of ether oxygens (including phenoxy) is 2. The molecular weight excluding hydrogens is 252 g/mol. The van der Waals surface area contributed by atoms with E-state index in [1.54, 1.807) is 7.11 Å². The molecule has 1 aliphatic rings. The zero-order chi connectivity index (χ0) is 14.6. The molecule has 1 fully saturated rings. The minimum Gasteiger partial charge on any atom is -0.497 e. The Balaban J connectivity index is 2.20. The Morgan fingerprint density at radius 2 is 2.10 bits per heavy atom. The Morgan fingerprint density at radius 1 is 1.40 bits per heavy atom. The van der Waals surface area contributed by atoms with E-state index in [4.69, 9.17) is 15.2 Å². The van der Waals surface area contributed by atoms with Gasteiger partial charge in [0.1, 0.15) is 5.75 Å². The molecule has 0 bridgehead atoms. The van der Waals surface area contributed by atoms with Gasteiger partial charge in [0, 0.05) is 25.9 Å². The van der Waals surface area contributed by atoms with Gasteiger partial charge in [-0.1, -0.05) is 6.92 Å². The molecule has 2 rings (SSSR count). The van der Waals surface area contributed by atoms with Gasteiger partial charge in [-0.25, -0.2) is 0 Å². The number of benzene rings is 1. The first-order valence-electron chi connectivity index (χ1n) is 7.35. The predicted octanol–water partition coefficient (Wildman–Crippen LogP) is 2.42. The minimum absolute atomic E-state index is 0.00643. The van der Waals surface area contributed by atoms with Crippen LogP contribution in [0.5, 0.6) is 5.75 Å². The van der Waals surface area contributed by atoms with E-state index in [1.165, 1.54) is 5.69 Å². The van der Waals surface area contributed by atoms with Crippen LogP contribution >= 0.6 is 0 Å². The van der Waals surface area contributed by atoms with Crippen LogP contribution in [0.2, 0.25) is 0 Å². The summed E-state index contributed by atoms with van der Waals surface area (Å²) in [6, 6.07) is 8.17. The highest BCUT2D eigenvalue weighted by Gasteiger charge is 2.39. The van der Waals surface area contributed by atoms with Crippen LogP contribution in [0.15, 0.2) is 24.3 Å². The van der Waals surface area contributed by atoms with Gasteiger partial charge in [0.25, 0.3) is 0 Å². The van der Waals surface area contributed by atoms with Crippen molar-refractivity contribution in [2.45, 2.75) is 37.8 Å². The molecule has 2 atom stereocenters. The van der Waals surface area contributed by atoms with Gasteiger partial charge >= 0.3 is 0 Å². The first kappa shape index (κ1) is 15.1. The van der Waals surface area contributed by atoms with Gasteiger partial charge in [0.2, 0.25) is 0 Å². The molecule has 0 aliphatic carbocycles. The highest BCUT2D eigenvalue weighted by atomic mass is 16.5. The molecule has 0 radical (unpaired) electrons. The van der Waals surface area contributed by atoms with Crippen molar-refractivity contribution in [2.24, 2.45) is 5.73 Å². The number of methoxy groups -OCH3 is 1. The second-order valence-electron chi connectivity index (χ2n) is 5.54. The summed E-state index contributed by atoms with van der Waals surface area (Å²) in [7, 11) is 3.82. The van der Waals surface area contributed by atoms with E-state index >= 15 is 0 Å². The van der Waals surface area contributed by atoms with Crippen LogP contribution < -0.4 is 15.4 Å². The average Bonchev–Trinajstić information content (AvgIpc) is 2.54. The Labute approximate surface area is 121 Å². The fourth-order valence-corrected chi connectivity index (χ4v) is 2.97. The lowest BCUT2D eigenvalue weighted by atomic mass is 9.84. The number of hydrogen-bond donors (Lipinski definition) is 1. The van der Waals surface area contributed by atoms with E-state index in [1.807, 2.05) is 12.1 Å². The van der Waals surface area contributed by atoms with Gasteiger partial charge in [-0.15, -0.1) is 0 Å². The summed E-state index contributed by atoms with van der Waals surface area (Å²) in [5, 5.41) is 0. The van der Waals surface area contributed by atoms with E-state index in [0.717, 1.165) is 31.6 Å². The van der Waals surface area contributed by atoms with Crippen molar-refractivity contribution < 1.29 is 9.47 Å². The zero-order valence-corrected chi connectivity index (χ0v) is 12.8. The number of rotatable bonds is 5. The SMILES string of the molecule is CCC1CC(CN)(N(C)c2ccc(OC)cc2)CCO1. The number of likely N-dealkylation sites (N-methyl/N-ethyl adjacent to an activating group) is 1. The van der Waals surface area contributed by atoms with Crippen molar-refractivity contribution in [3.8, 4) is 5.75 Å². The number of hydrogen-bond acceptors (Lipinski definition) is 4. The van der Waals surface area contributed by atoms with E-state index in [9.17, 15) is 0 Å². The molecular formula is C16H26N2O2. The maximum Gasteiger partial charge on any atom is 0.119 e. The molecule has 0 spiro atoms. The predicted molar refractivity (Wildman–Crippen MR) is 82.4 cm³/mol. The lowest BCUT2D eigenvalue weighted by Crippen LogP contribution is -2.57. The van der Waals surface area contributed by atoms with Gasteiger partial charge in [0.05, 0.1) is 18.8 Å². The van der Waals surface area contributed by atoms with Crippen LogP contribution in [0, 0.1) is 0 Å². The van der Waals surface area contributed by atoms with Gasteiger partial charge in [0.15, 0.2) is 0 Å². The van der Waals surface area contributed by atoms with Gasteiger partial charge in [-0.3, -0.25) is 0 Å². The van der Waals surface area contributed by atoms with Crippen LogP contribution in [-0.2, 0) is 4.74 Å². The first-order chi connectivity index (χ1) is 9.65. The van der Waals surface area contributed by atoms with Crippen molar-refractivity contribution in [3.63, 3.8) is 0 Å². The third-order valence-electron chi connectivity index (χ3n) is 4.54. The molecule has 0 saturated carbocycles. The fourth-order valence-electron chi connectivity index (χ4n) is 2.97. The summed E-state index contributed by atoms with van der Waals surface area (Å²) in [5.74, 6) is 0.877. The largest absolute Gasteiger partial charge is 0.497 e. The van der Waals surface area contributed by atoms with Crippen molar-refractivity contribution in [2.75, 3.05) is 32.2 Å². The molecule has 1 aromatic rings. The smallest absolute Gasteiger partial charge is 0.119 e. The number of nitrogens with zero attached hydrogens (tertiary/aromatic N) is 1. The standard InChI is InChI=1S/C16H26N2O2/c1-4-14-11-16(12-17,9-10-20-14)18(2)13-5-7-15(19-3)8-6-13/h5-8,14H,4,9-12,17H2,1-3H3. The monoisotopic (exact) mass is 278 g/mol. The lowest BCUT2D eigenvalue weighted by molar-refractivity contribution is -0.0188. The molecule has 1 aliphatic heterocycles. The van der Waals surface area contributed by atoms with Crippen molar-refractivity contribution in [1.82, 2.24) is 0 Å². The molecule has 4 heteroatoms. The van der Waals surface area contributed by atoms with Crippen molar-refractivity contribution >= 4 is 5.69 Å². The van der Waals surface area contributed by atoms with Gasteiger partial charge in [-0.2, -0.15) is 0 Å². The number of nitrogens with two attached hydrogens (primary N) is 1. The third-order valence-corrected chi connectivity index (χ3v) is 4.54. The molecule has 0 aromatic heterocycles. The molecule has 1 saturated heterocycles. The van der Waals surface area contributed by atoms with Crippen molar-refractivity contribution in [3.05, 3.63) is 24.3 Å². The minimum atomic E-state index is -0.00643. The maximum atomic E-state index is 6.13. The molecule has 4 nitrogen and oxygen atoms in total. The molecule has 112 valence electrons. The molecule has 2 unspecified atom stereocenters. The van der Waals surface area contributed by atoms with Crippen LogP contribution in [0.3, 0.4) is 0 Å². The molecule has 20 heavy (non-hydrogen) atoms. The Kier molecular flexibility index (Phi) is 4.89. The normalized spacial score (nSPS) is 26.3. The summed E-state index contributed by atoms with van der Waals surface area (Å²) in [5.41, 5.74) is 7.30. The molecule has 1 aromatic carbocycles. The Hall–Kier alpha value is -1.26. The summed E-state index contributed by atoms with van der Waals surface area (Å²) in [6.45, 7) is 3.61. The summed E-state index contributed by atoms with van der Waals surface area (Å²) >= 11 is 0. The van der Waals surface area contributed by atoms with Crippen LogP contribution in [0.4, 0.5) is 5.69 Å². The van der Waals surface area contributed by atoms with E-state index in [-0.39, 0.29) is 5.54 Å². The summed E-state index contributed by atoms with van der Waals surface area (Å²) in [6.07, 6.45) is 3.32. The van der Waals surface area contributed by atoms with Crippen LogP contribution in [0.1, 0.15) is 26.2 Å². The highest BCUT2D eigenvalue weighted by Crippen LogP contribution is 2.34. The van der Waals surface area contributed by atoms with Gasteiger partial charge < -0.3 is 20.1 Å². The second-order valence-corrected chi connectivity index (χ2v) is 5.54. The summed E-state index contributed by atoms with van der Waals surface area (Å²) in [4.78, 5) is 2.32. The average molecular weight is 278 g/mol. The summed E-state index contributed by atoms with van der Waals surface area (Å²) < 4.78 is 11.0. The Bertz CT molecular complexity index is 421. The third kappa shape index (κ3) is 2.91. The van der Waals surface area contributed by atoms with E-state index < -0.39 is 0 Å². The number of anilines is 1. The van der Waals surface area contributed by atoms with Crippen LogP contribution in [-0.4, -0.2) is 39.0 Å². The van der Waals surface area contributed by atoms with Crippen molar-refractivity contribution in [1.29, 1.82) is 0 Å². The van der Waals surface area contributed by atoms with Crippen LogP contribution in [0.25, 0.3) is 0 Å². The van der Waals surface area contributed by atoms with E-state index in [2.05, 4.69) is 31.0 Å². The maximum absolute atomic E-state index is 6.13. The topological polar surface area (TPSA) is 47.7 Å². The molecule has 1 heterocycles.